The van der Waals surface area contributed by atoms with Gasteiger partial charge in [0, 0.05) is 60.2 Å². The summed E-state index contributed by atoms with van der Waals surface area (Å²) in [5.41, 5.74) is 0.634. The van der Waals surface area contributed by atoms with Gasteiger partial charge < -0.3 is 10.0 Å². The summed E-state index contributed by atoms with van der Waals surface area (Å²) in [4.78, 5) is 17.0. The van der Waals surface area contributed by atoms with Crippen molar-refractivity contribution in [1.82, 2.24) is 9.80 Å². The van der Waals surface area contributed by atoms with Crippen LogP contribution in [0.5, 0.6) is 0 Å². The van der Waals surface area contributed by atoms with Crippen LogP contribution in [0.1, 0.15) is 10.4 Å². The molecule has 0 aromatic heterocycles. The average Bonchev–Trinajstić information content (AvgIpc) is 2.48. The van der Waals surface area contributed by atoms with Gasteiger partial charge in [0.1, 0.15) is 0 Å². The smallest absolute Gasteiger partial charge is 0.253 e. The molecule has 1 amide bonds. The fraction of sp³-hybridized carbons (Fsp3) is 0.500. The molecule has 1 atom stereocenters. The number of nitrogens with zero attached hydrogens (tertiary/aromatic N) is 2. The van der Waals surface area contributed by atoms with Gasteiger partial charge in [0.15, 0.2) is 0 Å². The molecule has 1 aliphatic heterocycles. The highest BCUT2D eigenvalue weighted by molar-refractivity contribution is 7.84. The van der Waals surface area contributed by atoms with Crippen molar-refractivity contribution in [3.63, 3.8) is 0 Å². The topological polar surface area (TPSA) is 60.9 Å². The molecule has 1 heterocycles. The van der Waals surface area contributed by atoms with Crippen molar-refractivity contribution in [2.45, 2.75) is 4.90 Å². The van der Waals surface area contributed by atoms with E-state index in [1.807, 2.05) is 4.90 Å². The van der Waals surface area contributed by atoms with Gasteiger partial charge in [-0.15, -0.1) is 0 Å². The Morgan fingerprint density at radius 3 is 2.30 bits per heavy atom. The van der Waals surface area contributed by atoms with E-state index in [1.165, 1.54) is 0 Å². The average molecular weight is 296 g/mol. The molecular weight excluding hydrogens is 276 g/mol. The standard InChI is InChI=1S/C14H20N2O3S/c1-20(19)13-4-2-12(3-5-13)14(18)16-8-6-15(7-9-16)10-11-17/h2-5,17H,6-11H2,1H3. The minimum absolute atomic E-state index is 0.0158. The van der Waals surface area contributed by atoms with Gasteiger partial charge in [-0.3, -0.25) is 13.9 Å². The number of β-amino-alcohol motifs (C(OH)–C–C–N with tert-alkyl or cyclic N) is 1. The van der Waals surface area contributed by atoms with Gasteiger partial charge in [-0.25, -0.2) is 0 Å². The molecule has 1 aromatic rings. The summed E-state index contributed by atoms with van der Waals surface area (Å²) in [5, 5.41) is 8.90. The lowest BCUT2D eigenvalue weighted by Gasteiger charge is -2.34. The van der Waals surface area contributed by atoms with Crippen molar-refractivity contribution < 1.29 is 14.1 Å². The second-order valence-corrected chi connectivity index (χ2v) is 6.22. The molecule has 2 rings (SSSR count). The normalized spacial score (nSPS) is 18.0. The molecular formula is C14H20N2O3S. The Bertz CT molecular complexity index is 482. The van der Waals surface area contributed by atoms with Crippen LogP contribution in [0.3, 0.4) is 0 Å². The molecule has 1 fully saturated rings. The zero-order valence-electron chi connectivity index (χ0n) is 11.6. The Morgan fingerprint density at radius 2 is 1.80 bits per heavy atom. The monoisotopic (exact) mass is 296 g/mol. The van der Waals surface area contributed by atoms with Crippen molar-refractivity contribution in [2.24, 2.45) is 0 Å². The Balaban J connectivity index is 1.96. The first kappa shape index (κ1) is 15.2. The molecule has 6 heteroatoms. The lowest BCUT2D eigenvalue weighted by atomic mass is 10.2. The van der Waals surface area contributed by atoms with Crippen LogP contribution in [0, 0.1) is 0 Å². The molecule has 0 saturated carbocycles. The molecule has 0 aliphatic carbocycles. The third-order valence-corrected chi connectivity index (χ3v) is 4.44. The molecule has 1 aromatic carbocycles. The number of hydrogen-bond donors (Lipinski definition) is 1. The van der Waals surface area contributed by atoms with E-state index in [-0.39, 0.29) is 12.5 Å². The summed E-state index contributed by atoms with van der Waals surface area (Å²) < 4.78 is 11.3. The maximum Gasteiger partial charge on any atom is 0.253 e. The van der Waals surface area contributed by atoms with Crippen molar-refractivity contribution in [2.75, 3.05) is 45.6 Å². The summed E-state index contributed by atoms with van der Waals surface area (Å²) in [6.07, 6.45) is 1.62. The SMILES string of the molecule is CS(=O)c1ccc(C(=O)N2CCN(CCO)CC2)cc1. The molecule has 0 bridgehead atoms. The van der Waals surface area contributed by atoms with Crippen molar-refractivity contribution in [3.8, 4) is 0 Å². The second kappa shape index (κ2) is 6.97. The summed E-state index contributed by atoms with van der Waals surface area (Å²) in [6.45, 7) is 3.77. The number of amides is 1. The minimum Gasteiger partial charge on any atom is -0.395 e. The Hall–Kier alpha value is -1.24. The number of carbonyl (C=O) groups is 1. The van der Waals surface area contributed by atoms with Gasteiger partial charge in [0.05, 0.1) is 6.61 Å². The molecule has 1 unspecified atom stereocenters. The molecule has 1 saturated heterocycles. The van der Waals surface area contributed by atoms with Gasteiger partial charge in [0.25, 0.3) is 5.91 Å². The van der Waals surface area contributed by atoms with Crippen LogP contribution in [0.25, 0.3) is 0 Å². The summed E-state index contributed by atoms with van der Waals surface area (Å²) >= 11 is 0. The molecule has 110 valence electrons. The van der Waals surface area contributed by atoms with Crippen LogP contribution in [-0.2, 0) is 10.8 Å². The van der Waals surface area contributed by atoms with Gasteiger partial charge in [0.2, 0.25) is 0 Å². The van der Waals surface area contributed by atoms with Crippen LogP contribution >= 0.6 is 0 Å². The third kappa shape index (κ3) is 3.65. The maximum atomic E-state index is 12.3. The van der Waals surface area contributed by atoms with E-state index >= 15 is 0 Å². The van der Waals surface area contributed by atoms with Crippen LogP contribution < -0.4 is 0 Å². The molecule has 0 radical (unpaired) electrons. The van der Waals surface area contributed by atoms with E-state index < -0.39 is 10.8 Å². The lowest BCUT2D eigenvalue weighted by molar-refractivity contribution is 0.0615. The zero-order valence-corrected chi connectivity index (χ0v) is 12.4. The highest BCUT2D eigenvalue weighted by Crippen LogP contribution is 2.12. The van der Waals surface area contributed by atoms with E-state index in [2.05, 4.69) is 4.90 Å². The summed E-state index contributed by atoms with van der Waals surface area (Å²) in [5.74, 6) is 0.0158. The quantitative estimate of drug-likeness (QED) is 0.861. The highest BCUT2D eigenvalue weighted by atomic mass is 32.2. The largest absolute Gasteiger partial charge is 0.395 e. The van der Waals surface area contributed by atoms with Gasteiger partial charge in [-0.1, -0.05) is 0 Å². The predicted molar refractivity (Wildman–Crippen MR) is 78.2 cm³/mol. The van der Waals surface area contributed by atoms with Crippen molar-refractivity contribution in [3.05, 3.63) is 29.8 Å². The minimum atomic E-state index is -1.02. The summed E-state index contributed by atoms with van der Waals surface area (Å²) in [7, 11) is -1.02. The highest BCUT2D eigenvalue weighted by Gasteiger charge is 2.21. The second-order valence-electron chi connectivity index (χ2n) is 4.84. The number of rotatable bonds is 4. The number of piperazine rings is 1. The lowest BCUT2D eigenvalue weighted by Crippen LogP contribution is -2.49. The Kier molecular flexibility index (Phi) is 5.28. The number of carbonyl (C=O) groups excluding carboxylic acids is 1. The number of benzene rings is 1. The first-order valence-corrected chi connectivity index (χ1v) is 8.23. The Morgan fingerprint density at radius 1 is 1.20 bits per heavy atom. The number of aliphatic hydroxyl groups is 1. The maximum absolute atomic E-state index is 12.3. The van der Waals surface area contributed by atoms with Crippen LogP contribution in [0.15, 0.2) is 29.2 Å². The first-order valence-electron chi connectivity index (χ1n) is 6.68. The molecule has 1 N–H and O–H groups in total. The predicted octanol–water partition coefficient (Wildman–Crippen LogP) is 0.174. The van der Waals surface area contributed by atoms with Crippen molar-refractivity contribution in [1.29, 1.82) is 0 Å². The van der Waals surface area contributed by atoms with Crippen LogP contribution in [0.4, 0.5) is 0 Å². The van der Waals surface area contributed by atoms with E-state index in [0.717, 1.165) is 18.0 Å². The number of aliphatic hydroxyl groups excluding tert-OH is 1. The first-order chi connectivity index (χ1) is 9.61. The fourth-order valence-corrected chi connectivity index (χ4v) is 2.81. The molecule has 5 nitrogen and oxygen atoms in total. The van der Waals surface area contributed by atoms with Gasteiger partial charge in [-0.05, 0) is 24.3 Å². The van der Waals surface area contributed by atoms with Gasteiger partial charge >= 0.3 is 0 Å². The van der Waals surface area contributed by atoms with Gasteiger partial charge in [-0.2, -0.15) is 0 Å². The third-order valence-electron chi connectivity index (χ3n) is 3.51. The molecule has 1 aliphatic rings. The summed E-state index contributed by atoms with van der Waals surface area (Å²) in [6, 6.07) is 6.95. The van der Waals surface area contributed by atoms with Crippen LogP contribution in [-0.4, -0.2) is 70.6 Å². The van der Waals surface area contributed by atoms with E-state index in [9.17, 15) is 9.00 Å². The molecule has 20 heavy (non-hydrogen) atoms. The van der Waals surface area contributed by atoms with E-state index in [4.69, 9.17) is 5.11 Å². The Labute approximate surface area is 121 Å². The number of hydrogen-bond acceptors (Lipinski definition) is 4. The van der Waals surface area contributed by atoms with E-state index in [0.29, 0.717) is 25.2 Å². The van der Waals surface area contributed by atoms with E-state index in [1.54, 1.807) is 30.5 Å². The van der Waals surface area contributed by atoms with Crippen LogP contribution in [0.2, 0.25) is 0 Å². The fourth-order valence-electron chi connectivity index (χ4n) is 2.29. The molecule has 0 spiro atoms. The van der Waals surface area contributed by atoms with Crippen molar-refractivity contribution >= 4 is 16.7 Å². The zero-order chi connectivity index (χ0) is 14.5.